The number of carbonyl (C=O) groups is 1. The maximum absolute atomic E-state index is 14.0. The molecule has 41 heavy (non-hydrogen) atoms. The normalized spacial score (nSPS) is 15.0. The molecule has 0 N–H and O–H groups in total. The molecule has 2 heterocycles. The topological polar surface area (TPSA) is 83.0 Å². The molecule has 1 aromatic heterocycles. The van der Waals surface area contributed by atoms with E-state index in [2.05, 4.69) is 24.0 Å². The summed E-state index contributed by atoms with van der Waals surface area (Å²) in [5, 5.41) is 0.668. The van der Waals surface area contributed by atoms with Crippen molar-refractivity contribution in [2.75, 3.05) is 57.4 Å². The van der Waals surface area contributed by atoms with Crippen molar-refractivity contribution in [3.05, 3.63) is 53.1 Å². The van der Waals surface area contributed by atoms with Crippen molar-refractivity contribution in [3.8, 4) is 0 Å². The first kappa shape index (κ1) is 31.6. The van der Waals surface area contributed by atoms with Crippen molar-refractivity contribution in [2.24, 2.45) is 11.8 Å². The van der Waals surface area contributed by atoms with Crippen LogP contribution in [0.25, 0.3) is 10.2 Å². The first-order valence-corrected chi connectivity index (χ1v) is 16.8. The minimum atomic E-state index is -3.68. The highest BCUT2D eigenvalue weighted by molar-refractivity contribution is 7.89. The average molecular weight is 601 g/mol. The predicted molar refractivity (Wildman–Crippen MR) is 168 cm³/mol. The zero-order valence-corrected chi connectivity index (χ0v) is 26.9. The third-order valence-electron chi connectivity index (χ3n) is 7.24. The molecule has 0 spiro atoms. The molecule has 2 aromatic carbocycles. The number of amides is 1. The van der Waals surface area contributed by atoms with Crippen molar-refractivity contribution < 1.29 is 17.9 Å². The molecule has 1 saturated heterocycles. The van der Waals surface area contributed by atoms with Gasteiger partial charge >= 0.3 is 0 Å². The molecule has 4 rings (SSSR count). The molecule has 1 fully saturated rings. The van der Waals surface area contributed by atoms with Crippen molar-refractivity contribution in [3.63, 3.8) is 0 Å². The van der Waals surface area contributed by atoms with Crippen molar-refractivity contribution >= 4 is 42.6 Å². The van der Waals surface area contributed by atoms with Crippen LogP contribution in [0.15, 0.2) is 41.3 Å². The van der Waals surface area contributed by atoms with E-state index >= 15 is 0 Å². The monoisotopic (exact) mass is 600 g/mol. The highest BCUT2D eigenvalue weighted by atomic mass is 32.2. The number of carbonyl (C=O) groups excluding carboxylic acids is 1. The number of thiazole rings is 1. The van der Waals surface area contributed by atoms with Crippen LogP contribution in [0.1, 0.15) is 55.6 Å². The minimum Gasteiger partial charge on any atom is -0.379 e. The molecule has 0 unspecified atom stereocenters. The van der Waals surface area contributed by atoms with E-state index in [9.17, 15) is 13.2 Å². The number of hydrogen-bond acceptors (Lipinski definition) is 7. The van der Waals surface area contributed by atoms with Gasteiger partial charge in [-0.05, 0) is 67.5 Å². The highest BCUT2D eigenvalue weighted by Gasteiger charge is 2.27. The summed E-state index contributed by atoms with van der Waals surface area (Å²) >= 11 is 1.54. The summed E-state index contributed by atoms with van der Waals surface area (Å²) in [6.45, 7) is 17.7. The van der Waals surface area contributed by atoms with Crippen LogP contribution in [0.2, 0.25) is 0 Å². The second kappa shape index (κ2) is 13.7. The lowest BCUT2D eigenvalue weighted by Crippen LogP contribution is -2.39. The second-order valence-corrected chi connectivity index (χ2v) is 14.7. The Balaban J connectivity index is 1.61. The third-order valence-corrected chi connectivity index (χ3v) is 10.3. The molecule has 0 atom stereocenters. The van der Waals surface area contributed by atoms with E-state index in [1.807, 2.05) is 34.6 Å². The zero-order valence-electron chi connectivity index (χ0n) is 25.2. The minimum absolute atomic E-state index is 0.175. The number of anilines is 1. The maximum atomic E-state index is 14.0. The third kappa shape index (κ3) is 7.73. The van der Waals surface area contributed by atoms with E-state index in [0.29, 0.717) is 30.3 Å². The Morgan fingerprint density at radius 2 is 1.59 bits per heavy atom. The number of aryl methyl sites for hydroxylation is 2. The Labute approximate surface area is 249 Å². The van der Waals surface area contributed by atoms with Crippen LogP contribution in [0.5, 0.6) is 0 Å². The summed E-state index contributed by atoms with van der Waals surface area (Å²) in [5.74, 6) is 0.236. The first-order valence-electron chi connectivity index (χ1n) is 14.6. The quantitative estimate of drug-likeness (QED) is 0.270. The molecule has 1 amide bonds. The van der Waals surface area contributed by atoms with Gasteiger partial charge in [-0.15, -0.1) is 0 Å². The molecule has 0 radical (unpaired) electrons. The average Bonchev–Trinajstić information content (AvgIpc) is 3.39. The van der Waals surface area contributed by atoms with Gasteiger partial charge in [0.25, 0.3) is 5.91 Å². The van der Waals surface area contributed by atoms with Crippen LogP contribution < -0.4 is 4.90 Å². The summed E-state index contributed by atoms with van der Waals surface area (Å²) in [6.07, 6.45) is 0.797. The molecule has 8 nitrogen and oxygen atoms in total. The lowest BCUT2D eigenvalue weighted by Gasteiger charge is -2.28. The smallest absolute Gasteiger partial charge is 0.260 e. The molecular weight excluding hydrogens is 556 g/mol. The number of ether oxygens (including phenoxy) is 1. The van der Waals surface area contributed by atoms with Gasteiger partial charge in [0, 0.05) is 44.8 Å². The number of morpholine rings is 1. The van der Waals surface area contributed by atoms with Crippen LogP contribution in [0.4, 0.5) is 5.13 Å². The SMILES string of the molecule is Cc1ccc(C)c2sc(N(CCCN3CCOCC3)C(=O)c3ccc(S(=O)(=O)N(CC(C)C)CC(C)C)cc3)nc12. The fourth-order valence-electron chi connectivity index (χ4n) is 5.08. The number of aromatic nitrogens is 1. The highest BCUT2D eigenvalue weighted by Crippen LogP contribution is 2.34. The van der Waals surface area contributed by atoms with E-state index in [1.165, 1.54) is 11.3 Å². The lowest BCUT2D eigenvalue weighted by molar-refractivity contribution is 0.0376. The summed E-state index contributed by atoms with van der Waals surface area (Å²) in [7, 11) is -3.68. The summed E-state index contributed by atoms with van der Waals surface area (Å²) in [5.41, 5.74) is 3.59. The van der Waals surface area contributed by atoms with Gasteiger partial charge in [-0.3, -0.25) is 14.6 Å². The van der Waals surface area contributed by atoms with Gasteiger partial charge in [-0.2, -0.15) is 4.31 Å². The summed E-state index contributed by atoms with van der Waals surface area (Å²) in [4.78, 5) is 23.2. The standard InChI is InChI=1S/C31H44N4O4S2/c1-22(2)20-34(21-23(3)4)41(37,38)27-12-10-26(11-13-27)30(36)35(15-7-14-33-16-18-39-19-17-33)31-32-28-24(5)8-9-25(6)29(28)40-31/h8-13,22-23H,7,14-21H2,1-6H3. The Hall–Kier alpha value is -2.37. The van der Waals surface area contributed by atoms with E-state index in [1.54, 1.807) is 33.5 Å². The van der Waals surface area contributed by atoms with Gasteiger partial charge in [-0.25, -0.2) is 13.4 Å². The molecular formula is C31H44N4O4S2. The molecule has 3 aromatic rings. The predicted octanol–water partition coefficient (Wildman–Crippen LogP) is 5.58. The van der Waals surface area contributed by atoms with Gasteiger partial charge in [0.2, 0.25) is 10.0 Å². The van der Waals surface area contributed by atoms with Crippen molar-refractivity contribution in [1.82, 2.24) is 14.2 Å². The van der Waals surface area contributed by atoms with Crippen molar-refractivity contribution in [2.45, 2.75) is 52.9 Å². The summed E-state index contributed by atoms with van der Waals surface area (Å²) < 4.78 is 35.1. The maximum Gasteiger partial charge on any atom is 0.260 e. The lowest BCUT2D eigenvalue weighted by atomic mass is 10.1. The molecule has 10 heteroatoms. The number of hydrogen-bond donors (Lipinski definition) is 0. The molecule has 1 aliphatic heterocycles. The number of benzene rings is 2. The Morgan fingerprint density at radius 1 is 0.976 bits per heavy atom. The fourth-order valence-corrected chi connectivity index (χ4v) is 7.99. The van der Waals surface area contributed by atoms with Gasteiger partial charge in [0.15, 0.2) is 5.13 Å². The van der Waals surface area contributed by atoms with Gasteiger partial charge < -0.3 is 4.74 Å². The molecule has 224 valence electrons. The Bertz CT molecular complexity index is 1380. The summed E-state index contributed by atoms with van der Waals surface area (Å²) in [6, 6.07) is 10.6. The Morgan fingerprint density at radius 3 is 2.17 bits per heavy atom. The van der Waals surface area contributed by atoms with E-state index < -0.39 is 10.0 Å². The molecule has 0 saturated carbocycles. The molecule has 0 aliphatic carbocycles. The van der Waals surface area contributed by atoms with Crippen molar-refractivity contribution in [1.29, 1.82) is 0 Å². The van der Waals surface area contributed by atoms with Crippen LogP contribution in [-0.4, -0.2) is 81.0 Å². The molecule has 1 aliphatic rings. The van der Waals surface area contributed by atoms with Crippen LogP contribution in [-0.2, 0) is 14.8 Å². The number of rotatable bonds is 12. The number of sulfonamides is 1. The fraction of sp³-hybridized carbons (Fsp3) is 0.548. The largest absolute Gasteiger partial charge is 0.379 e. The van der Waals surface area contributed by atoms with Crippen LogP contribution in [0.3, 0.4) is 0 Å². The van der Waals surface area contributed by atoms with E-state index in [4.69, 9.17) is 9.72 Å². The van der Waals surface area contributed by atoms with Crippen LogP contribution in [0, 0.1) is 25.7 Å². The van der Waals surface area contributed by atoms with E-state index in [0.717, 1.165) is 60.6 Å². The second-order valence-electron chi connectivity index (χ2n) is 11.8. The number of fused-ring (bicyclic) bond motifs is 1. The van der Waals surface area contributed by atoms with Gasteiger partial charge in [-0.1, -0.05) is 51.2 Å². The number of nitrogens with zero attached hydrogens (tertiary/aromatic N) is 4. The van der Waals surface area contributed by atoms with E-state index in [-0.39, 0.29) is 22.6 Å². The Kier molecular flexibility index (Phi) is 10.6. The first-order chi connectivity index (χ1) is 19.5. The zero-order chi connectivity index (χ0) is 29.7. The van der Waals surface area contributed by atoms with Gasteiger partial charge in [0.05, 0.1) is 28.3 Å². The van der Waals surface area contributed by atoms with Gasteiger partial charge in [0.1, 0.15) is 0 Å². The molecule has 0 bridgehead atoms. The van der Waals surface area contributed by atoms with Crippen LogP contribution >= 0.6 is 11.3 Å².